The molecule has 114 valence electrons. The van der Waals surface area contributed by atoms with Crippen molar-refractivity contribution in [3.63, 3.8) is 0 Å². The van der Waals surface area contributed by atoms with Crippen molar-refractivity contribution >= 4 is 10.0 Å². The Morgan fingerprint density at radius 1 is 1.43 bits per heavy atom. The van der Waals surface area contributed by atoms with Gasteiger partial charge in [-0.2, -0.15) is 0 Å². The van der Waals surface area contributed by atoms with E-state index in [0.29, 0.717) is 23.3 Å². The number of aliphatic hydroxyl groups excluding tert-OH is 1. The van der Waals surface area contributed by atoms with Crippen LogP contribution in [0.4, 0.5) is 0 Å². The quantitative estimate of drug-likeness (QED) is 0.860. The van der Waals surface area contributed by atoms with Crippen molar-refractivity contribution in [3.8, 4) is 11.8 Å². The number of aryl methyl sites for hydroxylation is 1. The smallest absolute Gasteiger partial charge is 0.242 e. The zero-order chi connectivity index (χ0) is 15.6. The van der Waals surface area contributed by atoms with E-state index >= 15 is 0 Å². The third-order valence-electron chi connectivity index (χ3n) is 3.98. The first-order valence-electron chi connectivity index (χ1n) is 7.03. The number of nitrogens with zero attached hydrogens (tertiary/aromatic N) is 1. The second kappa shape index (κ2) is 6.18. The van der Waals surface area contributed by atoms with Crippen molar-refractivity contribution in [1.29, 1.82) is 0 Å². The van der Waals surface area contributed by atoms with E-state index in [9.17, 15) is 8.42 Å². The lowest BCUT2D eigenvalue weighted by molar-refractivity contribution is 0.350. The minimum absolute atomic E-state index is 0.207. The summed E-state index contributed by atoms with van der Waals surface area (Å²) >= 11 is 0. The zero-order valence-corrected chi connectivity index (χ0v) is 13.4. The molecule has 0 heterocycles. The summed E-state index contributed by atoms with van der Waals surface area (Å²) in [7, 11) is -1.81. The molecule has 2 unspecified atom stereocenters. The van der Waals surface area contributed by atoms with Gasteiger partial charge < -0.3 is 5.11 Å². The van der Waals surface area contributed by atoms with E-state index in [-0.39, 0.29) is 6.61 Å². The van der Waals surface area contributed by atoms with Crippen molar-refractivity contribution in [3.05, 3.63) is 29.3 Å². The zero-order valence-electron chi connectivity index (χ0n) is 12.6. The maximum atomic E-state index is 12.5. The highest BCUT2D eigenvalue weighted by molar-refractivity contribution is 7.89. The van der Waals surface area contributed by atoms with Gasteiger partial charge in [0.05, 0.1) is 4.90 Å². The highest BCUT2D eigenvalue weighted by Crippen LogP contribution is 2.38. The Morgan fingerprint density at radius 2 is 2.10 bits per heavy atom. The van der Waals surface area contributed by atoms with Crippen LogP contribution in [-0.2, 0) is 10.0 Å². The molecule has 1 N–H and O–H groups in total. The Balaban J connectivity index is 2.21. The van der Waals surface area contributed by atoms with Gasteiger partial charge in [-0.3, -0.25) is 0 Å². The first kappa shape index (κ1) is 16.0. The lowest BCUT2D eigenvalue weighted by atomic mass is 10.1. The van der Waals surface area contributed by atoms with Gasteiger partial charge in [-0.25, -0.2) is 12.7 Å². The monoisotopic (exact) mass is 307 g/mol. The number of aliphatic hydroxyl groups is 1. The molecule has 5 heteroatoms. The average molecular weight is 307 g/mol. The van der Waals surface area contributed by atoms with E-state index in [1.54, 1.807) is 25.2 Å². The fourth-order valence-corrected chi connectivity index (χ4v) is 3.65. The number of hydrogen-bond acceptors (Lipinski definition) is 3. The SMILES string of the molecule is Cc1cc(S(=O)(=O)N(C)CC2CC2C)ccc1C#CCO. The van der Waals surface area contributed by atoms with Gasteiger partial charge in [0.15, 0.2) is 0 Å². The largest absolute Gasteiger partial charge is 0.384 e. The molecule has 1 aliphatic rings. The fraction of sp³-hybridized carbons (Fsp3) is 0.500. The van der Waals surface area contributed by atoms with E-state index in [1.165, 1.54) is 4.31 Å². The van der Waals surface area contributed by atoms with Gasteiger partial charge in [0.25, 0.3) is 0 Å². The molecular formula is C16H21NO3S. The van der Waals surface area contributed by atoms with Crippen LogP contribution in [0.25, 0.3) is 0 Å². The Hall–Kier alpha value is -1.35. The summed E-state index contributed by atoms with van der Waals surface area (Å²) in [4.78, 5) is 0.297. The van der Waals surface area contributed by atoms with Crippen molar-refractivity contribution in [2.24, 2.45) is 11.8 Å². The molecule has 1 aromatic carbocycles. The molecule has 0 aromatic heterocycles. The van der Waals surface area contributed by atoms with Crippen LogP contribution >= 0.6 is 0 Å². The summed E-state index contributed by atoms with van der Waals surface area (Å²) in [5.41, 5.74) is 1.53. The summed E-state index contributed by atoms with van der Waals surface area (Å²) in [6, 6.07) is 4.92. The number of sulfonamides is 1. The van der Waals surface area contributed by atoms with Crippen LogP contribution in [-0.4, -0.2) is 38.0 Å². The second-order valence-corrected chi connectivity index (χ2v) is 7.74. The molecule has 1 saturated carbocycles. The van der Waals surface area contributed by atoms with Gasteiger partial charge in [0, 0.05) is 19.2 Å². The number of rotatable bonds is 4. The molecule has 1 aromatic rings. The summed E-state index contributed by atoms with van der Waals surface area (Å²) in [5, 5.41) is 8.71. The predicted molar refractivity (Wildman–Crippen MR) is 82.2 cm³/mol. The normalized spacial score (nSPS) is 21.0. The maximum absolute atomic E-state index is 12.5. The fourth-order valence-electron chi connectivity index (χ4n) is 2.33. The predicted octanol–water partition coefficient (Wildman–Crippen LogP) is 1.62. The Morgan fingerprint density at radius 3 is 2.62 bits per heavy atom. The third kappa shape index (κ3) is 3.65. The minimum Gasteiger partial charge on any atom is -0.384 e. The van der Waals surface area contributed by atoms with E-state index in [1.807, 2.05) is 6.92 Å². The van der Waals surface area contributed by atoms with E-state index in [4.69, 9.17) is 5.11 Å². The number of benzene rings is 1. The van der Waals surface area contributed by atoms with Crippen LogP contribution in [0, 0.1) is 30.6 Å². The maximum Gasteiger partial charge on any atom is 0.242 e. The number of hydrogen-bond donors (Lipinski definition) is 1. The van der Waals surface area contributed by atoms with Gasteiger partial charge in [0.1, 0.15) is 6.61 Å². The molecule has 0 saturated heterocycles. The standard InChI is InChI=1S/C16H21NO3S/c1-12-9-15(12)11-17(3)21(19,20)16-7-6-14(5-4-8-18)13(2)10-16/h6-7,10,12,15,18H,8-9,11H2,1-3H3. The molecule has 0 spiro atoms. The highest BCUT2D eigenvalue weighted by Gasteiger charge is 2.36. The molecule has 0 bridgehead atoms. The van der Waals surface area contributed by atoms with E-state index in [2.05, 4.69) is 18.8 Å². The second-order valence-electron chi connectivity index (χ2n) is 5.70. The molecule has 4 nitrogen and oxygen atoms in total. The summed E-state index contributed by atoms with van der Waals surface area (Å²) < 4.78 is 26.5. The topological polar surface area (TPSA) is 57.6 Å². The summed E-state index contributed by atoms with van der Waals surface area (Å²) in [6.07, 6.45) is 1.11. The third-order valence-corrected chi connectivity index (χ3v) is 5.80. The highest BCUT2D eigenvalue weighted by atomic mass is 32.2. The lowest BCUT2D eigenvalue weighted by Gasteiger charge is -2.17. The molecule has 0 radical (unpaired) electrons. The van der Waals surface area contributed by atoms with Gasteiger partial charge in [0.2, 0.25) is 10.0 Å². The molecule has 21 heavy (non-hydrogen) atoms. The first-order chi connectivity index (χ1) is 9.86. The van der Waals surface area contributed by atoms with Crippen molar-refractivity contribution in [2.45, 2.75) is 25.2 Å². The van der Waals surface area contributed by atoms with Crippen LogP contribution in [0.5, 0.6) is 0 Å². The Labute approximate surface area is 126 Å². The van der Waals surface area contributed by atoms with Crippen LogP contribution in [0.1, 0.15) is 24.5 Å². The molecule has 0 amide bonds. The molecule has 2 rings (SSSR count). The van der Waals surface area contributed by atoms with Crippen molar-refractivity contribution in [1.82, 2.24) is 4.31 Å². The van der Waals surface area contributed by atoms with Crippen LogP contribution in [0.3, 0.4) is 0 Å². The van der Waals surface area contributed by atoms with Gasteiger partial charge in [-0.15, -0.1) is 0 Å². The molecule has 1 aliphatic carbocycles. The Kier molecular flexibility index (Phi) is 4.72. The first-order valence-corrected chi connectivity index (χ1v) is 8.47. The summed E-state index contributed by atoms with van der Waals surface area (Å²) in [5.74, 6) is 6.49. The molecule has 1 fully saturated rings. The summed E-state index contributed by atoms with van der Waals surface area (Å²) in [6.45, 7) is 4.34. The van der Waals surface area contributed by atoms with Crippen LogP contribution in [0.15, 0.2) is 23.1 Å². The molecule has 2 atom stereocenters. The van der Waals surface area contributed by atoms with Gasteiger partial charge in [-0.05, 0) is 48.9 Å². The lowest BCUT2D eigenvalue weighted by Crippen LogP contribution is -2.29. The van der Waals surface area contributed by atoms with Gasteiger partial charge in [-0.1, -0.05) is 18.8 Å². The van der Waals surface area contributed by atoms with Crippen LogP contribution < -0.4 is 0 Å². The van der Waals surface area contributed by atoms with Crippen molar-refractivity contribution in [2.75, 3.05) is 20.2 Å². The van der Waals surface area contributed by atoms with Crippen LogP contribution in [0.2, 0.25) is 0 Å². The van der Waals surface area contributed by atoms with Gasteiger partial charge >= 0.3 is 0 Å². The minimum atomic E-state index is -3.44. The Bertz CT molecular complexity index is 685. The van der Waals surface area contributed by atoms with Crippen molar-refractivity contribution < 1.29 is 13.5 Å². The van der Waals surface area contributed by atoms with E-state index < -0.39 is 10.0 Å². The molecular weight excluding hydrogens is 286 g/mol. The molecule has 0 aliphatic heterocycles. The average Bonchev–Trinajstić information content (AvgIpc) is 3.12. The van der Waals surface area contributed by atoms with E-state index in [0.717, 1.165) is 17.5 Å².